The summed E-state index contributed by atoms with van der Waals surface area (Å²) in [6.07, 6.45) is 9.54. The Bertz CT molecular complexity index is 932. The molecule has 3 heterocycles. The SMILES string of the molecule is CC.CC1CCN(C/C=C/C(=O)N2CCn3c(C=O)cnc3C2)CC1.CCc1ccccc1Cl. The number of carbonyl (C=O) groups excluding carboxylic acids is 2. The summed E-state index contributed by atoms with van der Waals surface area (Å²) in [5.74, 6) is 1.63. The zero-order valence-electron chi connectivity index (χ0n) is 21.0. The van der Waals surface area contributed by atoms with Gasteiger partial charge in [-0.1, -0.05) is 63.6 Å². The minimum absolute atomic E-state index is 0.0253. The van der Waals surface area contributed by atoms with E-state index in [1.165, 1.54) is 18.4 Å². The van der Waals surface area contributed by atoms with Crippen molar-refractivity contribution in [1.82, 2.24) is 19.4 Å². The Morgan fingerprint density at radius 3 is 2.47 bits per heavy atom. The molecule has 0 radical (unpaired) electrons. The van der Waals surface area contributed by atoms with Crippen molar-refractivity contribution in [1.29, 1.82) is 0 Å². The molecule has 0 unspecified atom stereocenters. The average molecular weight is 487 g/mol. The third-order valence-electron chi connectivity index (χ3n) is 6.17. The largest absolute Gasteiger partial charge is 0.330 e. The van der Waals surface area contributed by atoms with E-state index in [9.17, 15) is 9.59 Å². The number of fused-ring (bicyclic) bond motifs is 1. The number of aldehydes is 1. The highest BCUT2D eigenvalue weighted by Crippen LogP contribution is 2.16. The maximum Gasteiger partial charge on any atom is 0.246 e. The third-order valence-corrected chi connectivity index (χ3v) is 6.54. The van der Waals surface area contributed by atoms with Gasteiger partial charge in [0.15, 0.2) is 6.29 Å². The molecule has 1 aromatic carbocycles. The molecule has 1 fully saturated rings. The monoisotopic (exact) mass is 486 g/mol. The molecule has 2 aromatic rings. The van der Waals surface area contributed by atoms with Crippen LogP contribution in [-0.4, -0.2) is 57.7 Å². The van der Waals surface area contributed by atoms with Crippen LogP contribution in [0.1, 0.15) is 62.4 Å². The Labute approximate surface area is 209 Å². The zero-order chi connectivity index (χ0) is 24.9. The molecule has 2 aliphatic rings. The lowest BCUT2D eigenvalue weighted by molar-refractivity contribution is -0.127. The average Bonchev–Trinajstić information content (AvgIpc) is 3.29. The second-order valence-electron chi connectivity index (χ2n) is 8.46. The molecule has 1 amide bonds. The molecule has 0 aliphatic carbocycles. The van der Waals surface area contributed by atoms with E-state index in [0.29, 0.717) is 25.3 Å². The van der Waals surface area contributed by atoms with Crippen molar-refractivity contribution in [2.24, 2.45) is 5.92 Å². The first-order chi connectivity index (χ1) is 16.5. The van der Waals surface area contributed by atoms with Crippen LogP contribution in [0.3, 0.4) is 0 Å². The summed E-state index contributed by atoms with van der Waals surface area (Å²) in [7, 11) is 0. The molecule has 0 spiro atoms. The minimum atomic E-state index is 0.0253. The van der Waals surface area contributed by atoms with Gasteiger partial charge in [0.2, 0.25) is 5.91 Å². The smallest absolute Gasteiger partial charge is 0.246 e. The molecule has 4 rings (SSSR count). The summed E-state index contributed by atoms with van der Waals surface area (Å²) in [4.78, 5) is 31.6. The van der Waals surface area contributed by atoms with E-state index < -0.39 is 0 Å². The standard InChI is InChI=1S/C17H24N4O2.C8H9Cl.C2H6/c1-14-4-7-19(8-5-14)6-2-3-17(23)20-9-10-21-15(13-22)11-18-16(21)12-20;1-2-7-5-3-4-6-8(7)9;1-2/h2-3,11,13-14H,4-10,12H2,1H3;3-6H,2H2,1H3;1-2H3/b3-2+;;. The molecule has 0 N–H and O–H groups in total. The van der Waals surface area contributed by atoms with Crippen LogP contribution in [-0.2, 0) is 24.3 Å². The van der Waals surface area contributed by atoms with E-state index >= 15 is 0 Å². The van der Waals surface area contributed by atoms with Gasteiger partial charge < -0.3 is 9.47 Å². The molecule has 186 valence electrons. The van der Waals surface area contributed by atoms with Crippen molar-refractivity contribution >= 4 is 23.8 Å². The van der Waals surface area contributed by atoms with Crippen molar-refractivity contribution in [2.45, 2.75) is 60.0 Å². The number of halogens is 1. The van der Waals surface area contributed by atoms with E-state index in [1.54, 1.807) is 17.2 Å². The lowest BCUT2D eigenvalue weighted by Crippen LogP contribution is -2.38. The molecular weight excluding hydrogens is 448 g/mol. The molecule has 34 heavy (non-hydrogen) atoms. The van der Waals surface area contributed by atoms with Crippen molar-refractivity contribution < 1.29 is 9.59 Å². The normalized spacial score (nSPS) is 16.2. The van der Waals surface area contributed by atoms with Gasteiger partial charge in [0.25, 0.3) is 0 Å². The second-order valence-corrected chi connectivity index (χ2v) is 8.87. The maximum absolute atomic E-state index is 12.3. The maximum atomic E-state index is 12.3. The third kappa shape index (κ3) is 8.10. The molecule has 1 saturated heterocycles. The fourth-order valence-electron chi connectivity index (χ4n) is 4.00. The first kappa shape index (κ1) is 27.8. The number of carbonyl (C=O) groups is 2. The Kier molecular flexibility index (Phi) is 12.1. The van der Waals surface area contributed by atoms with E-state index in [1.807, 2.05) is 48.8 Å². The quantitative estimate of drug-likeness (QED) is 0.427. The first-order valence-electron chi connectivity index (χ1n) is 12.4. The van der Waals surface area contributed by atoms with E-state index in [2.05, 4.69) is 23.7 Å². The molecule has 0 bridgehead atoms. The lowest BCUT2D eigenvalue weighted by atomic mass is 9.99. The summed E-state index contributed by atoms with van der Waals surface area (Å²) < 4.78 is 1.88. The Hall–Kier alpha value is -2.44. The fraction of sp³-hybridized carbons (Fsp3) is 0.519. The van der Waals surface area contributed by atoms with Crippen LogP contribution in [0.25, 0.3) is 0 Å². The molecule has 6 nitrogen and oxygen atoms in total. The Balaban J connectivity index is 0.000000311. The highest BCUT2D eigenvalue weighted by Gasteiger charge is 2.22. The van der Waals surface area contributed by atoms with Crippen LogP contribution in [0.2, 0.25) is 5.02 Å². The number of benzene rings is 1. The van der Waals surface area contributed by atoms with Gasteiger partial charge in [0.05, 0.1) is 12.7 Å². The number of hydrogen-bond acceptors (Lipinski definition) is 4. The number of aryl methyl sites for hydroxylation is 1. The number of nitrogens with zero attached hydrogens (tertiary/aromatic N) is 4. The number of rotatable bonds is 5. The molecule has 0 atom stereocenters. The van der Waals surface area contributed by atoms with Gasteiger partial charge in [-0.2, -0.15) is 0 Å². The van der Waals surface area contributed by atoms with Crippen LogP contribution >= 0.6 is 11.6 Å². The summed E-state index contributed by atoms with van der Waals surface area (Å²) >= 11 is 5.82. The van der Waals surface area contributed by atoms with Crippen molar-refractivity contribution in [3.8, 4) is 0 Å². The highest BCUT2D eigenvalue weighted by molar-refractivity contribution is 6.31. The zero-order valence-corrected chi connectivity index (χ0v) is 21.8. The van der Waals surface area contributed by atoms with Crippen LogP contribution in [0.15, 0.2) is 42.6 Å². The Morgan fingerprint density at radius 1 is 1.15 bits per heavy atom. The van der Waals surface area contributed by atoms with E-state index in [0.717, 1.165) is 49.1 Å². The molecule has 2 aliphatic heterocycles. The lowest BCUT2D eigenvalue weighted by Gasteiger charge is -2.29. The predicted octanol–water partition coefficient (Wildman–Crippen LogP) is 5.25. The van der Waals surface area contributed by atoms with Gasteiger partial charge in [0.1, 0.15) is 11.5 Å². The fourth-order valence-corrected chi connectivity index (χ4v) is 4.27. The summed E-state index contributed by atoms with van der Waals surface area (Å²) in [6, 6.07) is 7.91. The van der Waals surface area contributed by atoms with E-state index in [4.69, 9.17) is 11.6 Å². The topological polar surface area (TPSA) is 58.4 Å². The van der Waals surface area contributed by atoms with Crippen LogP contribution in [0, 0.1) is 5.92 Å². The number of imidazole rings is 1. The summed E-state index contributed by atoms with van der Waals surface area (Å²) in [5, 5.41) is 0.875. The van der Waals surface area contributed by atoms with Gasteiger partial charge >= 0.3 is 0 Å². The molecule has 0 saturated carbocycles. The summed E-state index contributed by atoms with van der Waals surface area (Å²) in [5.41, 5.74) is 1.81. The van der Waals surface area contributed by atoms with Crippen LogP contribution in [0.4, 0.5) is 0 Å². The highest BCUT2D eigenvalue weighted by atomic mass is 35.5. The van der Waals surface area contributed by atoms with Crippen molar-refractivity contribution in [3.05, 3.63) is 64.7 Å². The van der Waals surface area contributed by atoms with Gasteiger partial charge in [-0.25, -0.2) is 4.98 Å². The van der Waals surface area contributed by atoms with Crippen LogP contribution < -0.4 is 0 Å². The molecular formula is C27H39ClN4O2. The molecule has 1 aromatic heterocycles. The van der Waals surface area contributed by atoms with Gasteiger partial charge in [-0.3, -0.25) is 14.5 Å². The predicted molar refractivity (Wildman–Crippen MR) is 139 cm³/mol. The van der Waals surface area contributed by atoms with Gasteiger partial charge in [0, 0.05) is 30.7 Å². The minimum Gasteiger partial charge on any atom is -0.330 e. The van der Waals surface area contributed by atoms with Gasteiger partial charge in [-0.05, 0) is 49.9 Å². The number of piperidine rings is 1. The first-order valence-corrected chi connectivity index (χ1v) is 12.8. The molecule has 7 heteroatoms. The number of amides is 1. The van der Waals surface area contributed by atoms with Crippen molar-refractivity contribution in [2.75, 3.05) is 26.2 Å². The number of likely N-dealkylation sites (tertiary alicyclic amines) is 1. The van der Waals surface area contributed by atoms with E-state index in [-0.39, 0.29) is 5.91 Å². The summed E-state index contributed by atoms with van der Waals surface area (Å²) in [6.45, 7) is 13.2. The Morgan fingerprint density at radius 2 is 1.85 bits per heavy atom. The second kappa shape index (κ2) is 14.7. The van der Waals surface area contributed by atoms with Crippen LogP contribution in [0.5, 0.6) is 0 Å². The number of aromatic nitrogens is 2. The van der Waals surface area contributed by atoms with Gasteiger partial charge in [-0.15, -0.1) is 0 Å². The van der Waals surface area contributed by atoms with Crippen molar-refractivity contribution in [3.63, 3.8) is 0 Å². The number of hydrogen-bond donors (Lipinski definition) is 0.